The molecule has 1 aromatic rings. The van der Waals surface area contributed by atoms with Crippen LogP contribution in [0.4, 0.5) is 0 Å². The summed E-state index contributed by atoms with van der Waals surface area (Å²) in [5, 5.41) is 0.309. The Balaban J connectivity index is 1.79. The second-order valence-corrected chi connectivity index (χ2v) is 7.82. The van der Waals surface area contributed by atoms with E-state index in [1.54, 1.807) is 6.07 Å². The zero-order valence-electron chi connectivity index (χ0n) is 11.3. The van der Waals surface area contributed by atoms with Crippen LogP contribution in [0.5, 0.6) is 5.75 Å². The molecule has 0 aromatic heterocycles. The van der Waals surface area contributed by atoms with Gasteiger partial charge in [0.2, 0.25) is 10.0 Å². The van der Waals surface area contributed by atoms with Gasteiger partial charge in [0.1, 0.15) is 5.75 Å². The van der Waals surface area contributed by atoms with Gasteiger partial charge in [-0.1, -0.05) is 18.0 Å². The Bertz CT molecular complexity index is 617. The summed E-state index contributed by atoms with van der Waals surface area (Å²) in [5.74, 6) is 1.68. The van der Waals surface area contributed by atoms with Crippen molar-refractivity contribution < 1.29 is 13.2 Å². The van der Waals surface area contributed by atoms with Crippen molar-refractivity contribution in [1.29, 1.82) is 0 Å². The molecule has 0 heterocycles. The molecule has 2 saturated carbocycles. The quantitative estimate of drug-likeness (QED) is 0.929. The van der Waals surface area contributed by atoms with Gasteiger partial charge in [-0.2, -0.15) is 0 Å². The number of ether oxygens (including phenoxy) is 1. The molecule has 20 heavy (non-hydrogen) atoms. The van der Waals surface area contributed by atoms with Gasteiger partial charge in [-0.15, -0.1) is 0 Å². The van der Waals surface area contributed by atoms with Crippen LogP contribution in [-0.4, -0.2) is 21.6 Å². The highest BCUT2D eigenvalue weighted by Crippen LogP contribution is 2.44. The fraction of sp³-hybridized carbons (Fsp3) is 0.571. The standard InChI is InChI=1S/C14H18ClNO3S/c1-19-14-5-4-11(8-12(14)15)20(17,18)16-13-7-9-2-3-10(13)6-9/h4-5,8-10,13,16H,2-3,6-7H2,1H3/t9-,10+,13-/m1/s1. The van der Waals surface area contributed by atoms with Gasteiger partial charge in [0.15, 0.2) is 0 Å². The van der Waals surface area contributed by atoms with E-state index in [1.165, 1.54) is 25.7 Å². The summed E-state index contributed by atoms with van der Waals surface area (Å²) < 4.78 is 32.7. The molecule has 1 aromatic carbocycles. The summed E-state index contributed by atoms with van der Waals surface area (Å²) in [5.41, 5.74) is 0. The van der Waals surface area contributed by atoms with E-state index in [4.69, 9.17) is 16.3 Å². The van der Waals surface area contributed by atoms with E-state index in [1.807, 2.05) is 0 Å². The lowest BCUT2D eigenvalue weighted by Crippen LogP contribution is -2.38. The molecule has 110 valence electrons. The highest BCUT2D eigenvalue weighted by molar-refractivity contribution is 7.89. The molecule has 3 atom stereocenters. The number of hydrogen-bond donors (Lipinski definition) is 1. The van der Waals surface area contributed by atoms with Crippen LogP contribution in [0.2, 0.25) is 5.02 Å². The van der Waals surface area contributed by atoms with Crippen LogP contribution in [-0.2, 0) is 10.0 Å². The van der Waals surface area contributed by atoms with Gasteiger partial charge in [0.05, 0.1) is 17.0 Å². The second-order valence-electron chi connectivity index (χ2n) is 5.70. The van der Waals surface area contributed by atoms with E-state index in [2.05, 4.69) is 4.72 Å². The van der Waals surface area contributed by atoms with Gasteiger partial charge in [-0.3, -0.25) is 0 Å². The monoisotopic (exact) mass is 315 g/mol. The Labute approximate surface area is 124 Å². The van der Waals surface area contributed by atoms with Gasteiger partial charge in [-0.25, -0.2) is 13.1 Å². The Morgan fingerprint density at radius 3 is 2.65 bits per heavy atom. The Kier molecular flexibility index (Phi) is 3.69. The van der Waals surface area contributed by atoms with Crippen molar-refractivity contribution >= 4 is 21.6 Å². The van der Waals surface area contributed by atoms with Crippen LogP contribution in [0.3, 0.4) is 0 Å². The van der Waals surface area contributed by atoms with Crippen molar-refractivity contribution in [3.63, 3.8) is 0 Å². The third kappa shape index (κ3) is 2.54. The molecule has 4 nitrogen and oxygen atoms in total. The molecule has 0 amide bonds. The number of sulfonamides is 1. The molecule has 1 N–H and O–H groups in total. The topological polar surface area (TPSA) is 55.4 Å². The van der Waals surface area contributed by atoms with Gasteiger partial charge >= 0.3 is 0 Å². The summed E-state index contributed by atoms with van der Waals surface area (Å²) in [6.45, 7) is 0. The molecule has 0 unspecified atom stereocenters. The summed E-state index contributed by atoms with van der Waals surface area (Å²) in [6.07, 6.45) is 4.52. The van der Waals surface area contributed by atoms with Crippen LogP contribution < -0.4 is 9.46 Å². The molecule has 2 aliphatic rings. The van der Waals surface area contributed by atoms with Crippen molar-refractivity contribution in [2.75, 3.05) is 7.11 Å². The first-order chi connectivity index (χ1) is 9.49. The molecular weight excluding hydrogens is 298 g/mol. The second kappa shape index (κ2) is 5.20. The summed E-state index contributed by atoms with van der Waals surface area (Å²) in [7, 11) is -2.00. The first kappa shape index (κ1) is 14.2. The van der Waals surface area contributed by atoms with Crippen LogP contribution in [0.15, 0.2) is 23.1 Å². The minimum Gasteiger partial charge on any atom is -0.495 e. The predicted octanol–water partition coefficient (Wildman–Crippen LogP) is 2.82. The molecule has 2 aliphatic carbocycles. The summed E-state index contributed by atoms with van der Waals surface area (Å²) in [4.78, 5) is 0.200. The van der Waals surface area contributed by atoms with E-state index in [0.29, 0.717) is 22.6 Å². The molecule has 6 heteroatoms. The summed E-state index contributed by atoms with van der Waals surface area (Å²) >= 11 is 6.00. The smallest absolute Gasteiger partial charge is 0.240 e. The zero-order valence-corrected chi connectivity index (χ0v) is 12.9. The predicted molar refractivity (Wildman–Crippen MR) is 77.6 cm³/mol. The first-order valence-electron chi connectivity index (χ1n) is 6.85. The van der Waals surface area contributed by atoms with Gasteiger partial charge < -0.3 is 4.74 Å². The molecule has 0 saturated heterocycles. The number of benzene rings is 1. The van der Waals surface area contributed by atoms with Gasteiger partial charge in [0.25, 0.3) is 0 Å². The van der Waals surface area contributed by atoms with Crippen molar-refractivity contribution in [3.05, 3.63) is 23.2 Å². The van der Waals surface area contributed by atoms with Crippen molar-refractivity contribution in [1.82, 2.24) is 4.72 Å². The van der Waals surface area contributed by atoms with Gasteiger partial charge in [0, 0.05) is 6.04 Å². The maximum atomic E-state index is 12.4. The minimum absolute atomic E-state index is 0.0830. The normalized spacial score (nSPS) is 28.8. The van der Waals surface area contributed by atoms with Crippen molar-refractivity contribution in [3.8, 4) is 5.75 Å². The Morgan fingerprint density at radius 2 is 2.10 bits per heavy atom. The Morgan fingerprint density at radius 1 is 1.30 bits per heavy atom. The molecule has 0 aliphatic heterocycles. The molecule has 2 bridgehead atoms. The number of halogens is 1. The third-order valence-electron chi connectivity index (χ3n) is 4.48. The van der Waals surface area contributed by atoms with Gasteiger partial charge in [-0.05, 0) is 49.3 Å². The number of fused-ring (bicyclic) bond motifs is 2. The first-order valence-corrected chi connectivity index (χ1v) is 8.71. The van der Waals surface area contributed by atoms with Crippen LogP contribution in [0.25, 0.3) is 0 Å². The molecule has 0 spiro atoms. The molecule has 3 rings (SSSR count). The molecule has 2 fully saturated rings. The average molecular weight is 316 g/mol. The van der Waals surface area contributed by atoms with E-state index in [0.717, 1.165) is 19.3 Å². The maximum Gasteiger partial charge on any atom is 0.240 e. The lowest BCUT2D eigenvalue weighted by Gasteiger charge is -2.22. The minimum atomic E-state index is -3.50. The van der Waals surface area contributed by atoms with Crippen LogP contribution in [0, 0.1) is 11.8 Å². The van der Waals surface area contributed by atoms with Crippen LogP contribution in [0.1, 0.15) is 25.7 Å². The number of hydrogen-bond acceptors (Lipinski definition) is 3. The summed E-state index contributed by atoms with van der Waals surface area (Å²) in [6, 6.07) is 4.63. The van der Waals surface area contributed by atoms with Crippen LogP contribution >= 0.6 is 11.6 Å². The van der Waals surface area contributed by atoms with Crippen molar-refractivity contribution in [2.24, 2.45) is 11.8 Å². The Hall–Kier alpha value is -0.780. The van der Waals surface area contributed by atoms with E-state index in [9.17, 15) is 8.42 Å². The van der Waals surface area contributed by atoms with Crippen molar-refractivity contribution in [2.45, 2.75) is 36.6 Å². The highest BCUT2D eigenvalue weighted by Gasteiger charge is 2.41. The molecule has 0 radical (unpaired) electrons. The number of nitrogens with one attached hydrogen (secondary N) is 1. The lowest BCUT2D eigenvalue weighted by molar-refractivity contribution is 0.390. The highest BCUT2D eigenvalue weighted by atomic mass is 35.5. The lowest BCUT2D eigenvalue weighted by atomic mass is 9.96. The SMILES string of the molecule is COc1ccc(S(=O)(=O)N[C@@H]2C[C@@H]3CC[C@H]2C3)cc1Cl. The van der Waals surface area contributed by atoms with E-state index >= 15 is 0 Å². The zero-order chi connectivity index (χ0) is 14.3. The molecular formula is C14H18ClNO3S. The van der Waals surface area contributed by atoms with E-state index < -0.39 is 10.0 Å². The maximum absolute atomic E-state index is 12.4. The van der Waals surface area contributed by atoms with E-state index in [-0.39, 0.29) is 10.9 Å². The number of rotatable bonds is 4. The largest absolute Gasteiger partial charge is 0.495 e. The third-order valence-corrected chi connectivity index (χ3v) is 6.26. The average Bonchev–Trinajstić information content (AvgIpc) is 3.00. The number of methoxy groups -OCH3 is 1. The fourth-order valence-corrected chi connectivity index (χ4v) is 5.14. The fourth-order valence-electron chi connectivity index (χ4n) is 3.47.